The van der Waals surface area contributed by atoms with Crippen molar-refractivity contribution in [3.8, 4) is 5.75 Å². The van der Waals surface area contributed by atoms with E-state index in [1.807, 2.05) is 0 Å². The van der Waals surface area contributed by atoms with E-state index in [9.17, 15) is 4.79 Å². The van der Waals surface area contributed by atoms with E-state index in [1.165, 1.54) is 7.11 Å². The van der Waals surface area contributed by atoms with Crippen molar-refractivity contribution in [3.63, 3.8) is 0 Å². The summed E-state index contributed by atoms with van der Waals surface area (Å²) in [6.07, 6.45) is 3.19. The number of nitrogens with zero attached hydrogens (tertiary/aromatic N) is 1. The molecule has 1 aromatic heterocycles. The molecule has 0 aliphatic rings. The van der Waals surface area contributed by atoms with Gasteiger partial charge >= 0.3 is 5.97 Å². The van der Waals surface area contributed by atoms with Crippen molar-refractivity contribution in [1.82, 2.24) is 4.98 Å². The third-order valence-electron chi connectivity index (χ3n) is 1.58. The number of hydrogen-bond acceptors (Lipinski definition) is 5. The minimum Gasteiger partial charge on any atom is -0.491 e. The van der Waals surface area contributed by atoms with Crippen molar-refractivity contribution in [2.45, 2.75) is 6.04 Å². The molecule has 0 spiro atoms. The zero-order valence-electron chi connectivity index (χ0n) is 7.84. The zero-order chi connectivity index (χ0) is 10.4. The smallest absolute Gasteiger partial charge is 0.326 e. The van der Waals surface area contributed by atoms with Gasteiger partial charge in [-0.25, -0.2) is 0 Å². The van der Waals surface area contributed by atoms with Crippen LogP contribution in [0.4, 0.5) is 0 Å². The van der Waals surface area contributed by atoms with E-state index in [0.29, 0.717) is 5.75 Å². The lowest BCUT2D eigenvalue weighted by Gasteiger charge is -2.10. The molecule has 1 aromatic rings. The van der Waals surface area contributed by atoms with E-state index in [-0.39, 0.29) is 6.61 Å². The quantitative estimate of drug-likeness (QED) is 0.684. The van der Waals surface area contributed by atoms with E-state index in [0.717, 1.165) is 0 Å². The Labute approximate surface area is 81.8 Å². The van der Waals surface area contributed by atoms with Crippen LogP contribution >= 0.6 is 0 Å². The van der Waals surface area contributed by atoms with Crippen LogP contribution in [0.1, 0.15) is 0 Å². The summed E-state index contributed by atoms with van der Waals surface area (Å²) < 4.78 is 9.67. The summed E-state index contributed by atoms with van der Waals surface area (Å²) in [5, 5.41) is 0. The van der Waals surface area contributed by atoms with Crippen molar-refractivity contribution in [1.29, 1.82) is 0 Å². The maximum atomic E-state index is 10.9. The number of rotatable bonds is 4. The normalized spacial score (nSPS) is 11.9. The monoisotopic (exact) mass is 196 g/mol. The largest absolute Gasteiger partial charge is 0.491 e. The van der Waals surface area contributed by atoms with Gasteiger partial charge < -0.3 is 15.2 Å². The van der Waals surface area contributed by atoms with Gasteiger partial charge in [-0.2, -0.15) is 0 Å². The number of carbonyl (C=O) groups excluding carboxylic acids is 1. The van der Waals surface area contributed by atoms with Crippen LogP contribution in [0.2, 0.25) is 0 Å². The maximum Gasteiger partial charge on any atom is 0.326 e. The third kappa shape index (κ3) is 3.02. The van der Waals surface area contributed by atoms with Gasteiger partial charge in [0.05, 0.1) is 7.11 Å². The lowest BCUT2D eigenvalue weighted by atomic mass is 10.3. The predicted octanol–water partition coefficient (Wildman–Crippen LogP) is -0.0393. The first-order chi connectivity index (χ1) is 6.74. The van der Waals surface area contributed by atoms with Crippen LogP contribution in [-0.2, 0) is 9.53 Å². The van der Waals surface area contributed by atoms with Gasteiger partial charge in [-0.1, -0.05) is 0 Å². The summed E-state index contributed by atoms with van der Waals surface area (Å²) in [6.45, 7) is 0.0939. The second-order valence-electron chi connectivity index (χ2n) is 2.62. The average molecular weight is 196 g/mol. The molecule has 76 valence electrons. The first-order valence-electron chi connectivity index (χ1n) is 4.10. The molecule has 1 atom stereocenters. The lowest BCUT2D eigenvalue weighted by molar-refractivity contribution is -0.142. The number of methoxy groups -OCH3 is 1. The molecule has 0 fully saturated rings. The van der Waals surface area contributed by atoms with E-state index in [2.05, 4.69) is 9.72 Å². The maximum absolute atomic E-state index is 10.9. The van der Waals surface area contributed by atoms with E-state index < -0.39 is 12.0 Å². The van der Waals surface area contributed by atoms with Gasteiger partial charge in [-0.15, -0.1) is 0 Å². The number of nitrogens with two attached hydrogens (primary N) is 1. The first-order valence-corrected chi connectivity index (χ1v) is 4.10. The Kier molecular flexibility index (Phi) is 3.87. The van der Waals surface area contributed by atoms with Gasteiger partial charge in [-0.05, 0) is 12.1 Å². The van der Waals surface area contributed by atoms with Crippen molar-refractivity contribution in [2.75, 3.05) is 13.7 Å². The molecule has 1 unspecified atom stereocenters. The van der Waals surface area contributed by atoms with Gasteiger partial charge in [0, 0.05) is 12.4 Å². The highest BCUT2D eigenvalue weighted by Crippen LogP contribution is 2.06. The second-order valence-corrected chi connectivity index (χ2v) is 2.62. The van der Waals surface area contributed by atoms with Gasteiger partial charge in [0.15, 0.2) is 0 Å². The Bertz CT molecular complexity index is 289. The zero-order valence-corrected chi connectivity index (χ0v) is 7.84. The molecular weight excluding hydrogens is 184 g/mol. The molecule has 2 N–H and O–H groups in total. The summed E-state index contributed by atoms with van der Waals surface area (Å²) in [4.78, 5) is 14.7. The number of esters is 1. The molecule has 0 radical (unpaired) electrons. The van der Waals surface area contributed by atoms with E-state index >= 15 is 0 Å². The molecular formula is C9H12N2O3. The minimum atomic E-state index is -0.756. The molecule has 0 amide bonds. The fourth-order valence-corrected chi connectivity index (χ4v) is 0.840. The summed E-state index contributed by atoms with van der Waals surface area (Å²) in [5.41, 5.74) is 5.46. The van der Waals surface area contributed by atoms with Gasteiger partial charge in [0.25, 0.3) is 0 Å². The first kappa shape index (κ1) is 10.5. The Balaban J connectivity index is 2.38. The van der Waals surface area contributed by atoms with Crippen LogP contribution in [0.3, 0.4) is 0 Å². The highest BCUT2D eigenvalue weighted by atomic mass is 16.5. The number of hydrogen-bond donors (Lipinski definition) is 1. The fraction of sp³-hybridized carbons (Fsp3) is 0.333. The van der Waals surface area contributed by atoms with Crippen LogP contribution in [-0.4, -0.2) is 30.7 Å². The van der Waals surface area contributed by atoms with Crippen LogP contribution in [0.25, 0.3) is 0 Å². The molecule has 0 aliphatic heterocycles. The number of ether oxygens (including phenoxy) is 2. The SMILES string of the molecule is COC(=O)C(N)COc1ccncc1. The van der Waals surface area contributed by atoms with Gasteiger partial charge in [0.1, 0.15) is 18.4 Å². The third-order valence-corrected chi connectivity index (χ3v) is 1.58. The van der Waals surface area contributed by atoms with E-state index in [4.69, 9.17) is 10.5 Å². The van der Waals surface area contributed by atoms with Gasteiger partial charge in [-0.3, -0.25) is 9.78 Å². The molecule has 0 aromatic carbocycles. The summed E-state index contributed by atoms with van der Waals surface area (Å²) >= 11 is 0. The summed E-state index contributed by atoms with van der Waals surface area (Å²) in [7, 11) is 1.29. The summed E-state index contributed by atoms with van der Waals surface area (Å²) in [5.74, 6) is 0.137. The molecule has 0 saturated carbocycles. The van der Waals surface area contributed by atoms with Crippen LogP contribution in [0.5, 0.6) is 5.75 Å². The van der Waals surface area contributed by atoms with Crippen molar-refractivity contribution >= 4 is 5.97 Å². The molecule has 1 rings (SSSR count). The Morgan fingerprint density at radius 1 is 1.57 bits per heavy atom. The molecule has 1 heterocycles. The lowest BCUT2D eigenvalue weighted by Crippen LogP contribution is -2.37. The molecule has 5 nitrogen and oxygen atoms in total. The number of pyridine rings is 1. The van der Waals surface area contributed by atoms with Crippen molar-refractivity contribution in [2.24, 2.45) is 5.73 Å². The molecule has 14 heavy (non-hydrogen) atoms. The minimum absolute atomic E-state index is 0.0939. The highest BCUT2D eigenvalue weighted by molar-refractivity contribution is 5.75. The average Bonchev–Trinajstić information content (AvgIpc) is 2.26. The second kappa shape index (κ2) is 5.18. The number of aromatic nitrogens is 1. The summed E-state index contributed by atoms with van der Waals surface area (Å²) in [6, 6.07) is 2.61. The Morgan fingerprint density at radius 2 is 2.21 bits per heavy atom. The van der Waals surface area contributed by atoms with Crippen molar-refractivity contribution < 1.29 is 14.3 Å². The predicted molar refractivity (Wildman–Crippen MR) is 49.7 cm³/mol. The standard InChI is InChI=1S/C9H12N2O3/c1-13-9(12)8(10)6-14-7-2-4-11-5-3-7/h2-5,8H,6,10H2,1H3. The number of carbonyl (C=O) groups is 1. The molecule has 5 heteroatoms. The fourth-order valence-electron chi connectivity index (χ4n) is 0.840. The van der Waals surface area contributed by atoms with Crippen LogP contribution < -0.4 is 10.5 Å². The topological polar surface area (TPSA) is 74.4 Å². The van der Waals surface area contributed by atoms with Crippen LogP contribution in [0, 0.1) is 0 Å². The van der Waals surface area contributed by atoms with Gasteiger partial charge in [0.2, 0.25) is 0 Å². The van der Waals surface area contributed by atoms with E-state index in [1.54, 1.807) is 24.5 Å². The van der Waals surface area contributed by atoms with Crippen LogP contribution in [0.15, 0.2) is 24.5 Å². The van der Waals surface area contributed by atoms with Crippen molar-refractivity contribution in [3.05, 3.63) is 24.5 Å². The molecule has 0 saturated heterocycles. The molecule has 0 aliphatic carbocycles. The Morgan fingerprint density at radius 3 is 2.79 bits per heavy atom. The molecule has 0 bridgehead atoms. The Hall–Kier alpha value is -1.62. The highest BCUT2D eigenvalue weighted by Gasteiger charge is 2.13.